The molecule has 2 saturated carbocycles. The molecule has 2 fully saturated rings. The normalized spacial score (nSPS) is 32.5. The number of ether oxygens (including phenoxy) is 2. The summed E-state index contributed by atoms with van der Waals surface area (Å²) >= 11 is 0. The van der Waals surface area contributed by atoms with E-state index in [-0.39, 0.29) is 12.0 Å². The van der Waals surface area contributed by atoms with Gasteiger partial charge in [0.05, 0.1) is 0 Å². The van der Waals surface area contributed by atoms with Crippen molar-refractivity contribution >= 4 is 12.1 Å². The average molecular weight is 454 g/mol. The molecule has 178 valence electrons. The maximum Gasteiger partial charge on any atom is 0.408 e. The number of carbonyl (C=O) groups excluding carboxylic acids is 2. The number of esters is 1. The summed E-state index contributed by atoms with van der Waals surface area (Å²) in [5.74, 6) is 4.07. The van der Waals surface area contributed by atoms with Gasteiger partial charge in [0.2, 0.25) is 0 Å². The Hall–Kier alpha value is -2.52. The molecule has 1 aromatic carbocycles. The van der Waals surface area contributed by atoms with E-state index in [0.29, 0.717) is 29.9 Å². The van der Waals surface area contributed by atoms with Crippen LogP contribution in [-0.4, -0.2) is 34.9 Å². The highest BCUT2D eigenvalue weighted by Crippen LogP contribution is 2.64. The first-order valence-electron chi connectivity index (χ1n) is 12.0. The predicted molar refractivity (Wildman–Crippen MR) is 125 cm³/mol. The number of hydrogen-bond donors (Lipinski definition) is 2. The number of benzene rings is 1. The Kier molecular flexibility index (Phi) is 5.99. The van der Waals surface area contributed by atoms with Crippen LogP contribution in [0.5, 0.6) is 5.75 Å². The molecule has 33 heavy (non-hydrogen) atoms. The molecule has 0 radical (unpaired) electrons. The van der Waals surface area contributed by atoms with Crippen LogP contribution in [-0.2, 0) is 16.0 Å². The molecule has 5 atom stereocenters. The van der Waals surface area contributed by atoms with E-state index in [9.17, 15) is 14.7 Å². The first-order chi connectivity index (χ1) is 15.5. The summed E-state index contributed by atoms with van der Waals surface area (Å²) in [5, 5.41) is 13.5. The van der Waals surface area contributed by atoms with Crippen LogP contribution in [0.3, 0.4) is 0 Å². The minimum absolute atomic E-state index is 0.211. The topological polar surface area (TPSA) is 84.9 Å². The SMILES string of the molecule is C#C[C@]1(O)CCC2C3CCc4cc(OC(=O)CNC(=O)OC(C)(C)C)ccc4C3CC[C@@]21C. The summed E-state index contributed by atoms with van der Waals surface area (Å²) in [6.45, 7) is 7.21. The Balaban J connectivity index is 1.41. The molecular formula is C27H35NO5. The average Bonchev–Trinajstić information content (AvgIpc) is 3.02. The van der Waals surface area contributed by atoms with Crippen LogP contribution in [0.15, 0.2) is 18.2 Å². The van der Waals surface area contributed by atoms with Gasteiger partial charge in [0.1, 0.15) is 23.5 Å². The Labute approximate surface area is 196 Å². The number of hydrogen-bond acceptors (Lipinski definition) is 5. The monoisotopic (exact) mass is 453 g/mol. The zero-order valence-electron chi connectivity index (χ0n) is 20.1. The van der Waals surface area contributed by atoms with E-state index in [1.54, 1.807) is 20.8 Å². The van der Waals surface area contributed by atoms with Crippen LogP contribution < -0.4 is 10.1 Å². The summed E-state index contributed by atoms with van der Waals surface area (Å²) in [6.07, 6.45) is 10.7. The van der Waals surface area contributed by atoms with Gasteiger partial charge in [-0.2, -0.15) is 0 Å². The van der Waals surface area contributed by atoms with Crippen LogP contribution in [0.1, 0.15) is 76.8 Å². The minimum Gasteiger partial charge on any atom is -0.444 e. The lowest BCUT2D eigenvalue weighted by Gasteiger charge is -2.52. The molecule has 1 amide bonds. The van der Waals surface area contributed by atoms with Crippen LogP contribution in [0.25, 0.3) is 0 Å². The summed E-state index contributed by atoms with van der Waals surface area (Å²) in [4.78, 5) is 23.9. The lowest BCUT2D eigenvalue weighted by molar-refractivity contribution is -0.133. The van der Waals surface area contributed by atoms with Gasteiger partial charge < -0.3 is 19.9 Å². The van der Waals surface area contributed by atoms with E-state index in [2.05, 4.69) is 24.2 Å². The third kappa shape index (κ3) is 4.36. The van der Waals surface area contributed by atoms with Gasteiger partial charge in [-0.3, -0.25) is 0 Å². The third-order valence-electron chi connectivity index (χ3n) is 8.10. The van der Waals surface area contributed by atoms with Crippen molar-refractivity contribution in [3.63, 3.8) is 0 Å². The molecule has 0 aliphatic heterocycles. The number of nitrogens with one attached hydrogen (secondary N) is 1. The quantitative estimate of drug-likeness (QED) is 0.404. The number of aliphatic hydroxyl groups is 1. The van der Waals surface area contributed by atoms with Crippen molar-refractivity contribution in [1.82, 2.24) is 5.32 Å². The van der Waals surface area contributed by atoms with E-state index in [1.165, 1.54) is 11.1 Å². The van der Waals surface area contributed by atoms with E-state index < -0.39 is 23.3 Å². The first-order valence-corrected chi connectivity index (χ1v) is 12.0. The highest BCUT2D eigenvalue weighted by atomic mass is 16.6. The van der Waals surface area contributed by atoms with Crippen molar-refractivity contribution in [2.24, 2.45) is 17.3 Å². The van der Waals surface area contributed by atoms with Crippen molar-refractivity contribution in [3.05, 3.63) is 29.3 Å². The fourth-order valence-electron chi connectivity index (χ4n) is 6.50. The molecule has 3 aliphatic carbocycles. The highest BCUT2D eigenvalue weighted by molar-refractivity contribution is 5.79. The molecule has 1 aromatic rings. The Bertz CT molecular complexity index is 989. The summed E-state index contributed by atoms with van der Waals surface area (Å²) < 4.78 is 10.6. The van der Waals surface area contributed by atoms with Crippen molar-refractivity contribution in [2.45, 2.75) is 83.3 Å². The smallest absolute Gasteiger partial charge is 0.408 e. The van der Waals surface area contributed by atoms with Gasteiger partial charge in [0.15, 0.2) is 0 Å². The standard InChI is InChI=1S/C27H35NO5/c1-6-27(31)14-12-22-21-9-7-17-15-18(8-10-19(17)20(21)11-13-26(22,27)5)32-23(29)16-28-24(30)33-25(2,3)4/h1,8,10,15,20-22,31H,7,9,11-14,16H2,2-5H3,(H,28,30)/t20?,21?,22?,26-,27-/m0/s1. The fourth-order valence-corrected chi connectivity index (χ4v) is 6.50. The van der Waals surface area contributed by atoms with Gasteiger partial charge in [-0.25, -0.2) is 9.59 Å². The van der Waals surface area contributed by atoms with Crippen LogP contribution >= 0.6 is 0 Å². The number of amides is 1. The van der Waals surface area contributed by atoms with E-state index in [4.69, 9.17) is 15.9 Å². The summed E-state index contributed by atoms with van der Waals surface area (Å²) in [6, 6.07) is 5.88. The molecule has 0 heterocycles. The molecule has 6 nitrogen and oxygen atoms in total. The van der Waals surface area contributed by atoms with E-state index >= 15 is 0 Å². The van der Waals surface area contributed by atoms with Gasteiger partial charge in [0, 0.05) is 5.41 Å². The molecule has 3 aliphatic rings. The highest BCUT2D eigenvalue weighted by Gasteiger charge is 2.61. The van der Waals surface area contributed by atoms with E-state index in [1.807, 2.05) is 12.1 Å². The largest absolute Gasteiger partial charge is 0.444 e. The second kappa shape index (κ2) is 8.36. The number of rotatable bonds is 3. The number of terminal acetylenes is 1. The zero-order chi connectivity index (χ0) is 24.0. The molecular weight excluding hydrogens is 418 g/mol. The van der Waals surface area contributed by atoms with Gasteiger partial charge in [-0.15, -0.1) is 6.42 Å². The summed E-state index contributed by atoms with van der Waals surface area (Å²) in [7, 11) is 0. The lowest BCUT2D eigenvalue weighted by Crippen LogP contribution is -2.50. The second-order valence-corrected chi connectivity index (χ2v) is 11.1. The van der Waals surface area contributed by atoms with Gasteiger partial charge >= 0.3 is 12.1 Å². The van der Waals surface area contributed by atoms with Crippen molar-refractivity contribution in [1.29, 1.82) is 0 Å². The maximum atomic E-state index is 12.2. The van der Waals surface area contributed by atoms with Crippen molar-refractivity contribution in [3.8, 4) is 18.1 Å². The fraction of sp³-hybridized carbons (Fsp3) is 0.630. The molecule has 0 bridgehead atoms. The molecule has 2 N–H and O–H groups in total. The third-order valence-corrected chi connectivity index (χ3v) is 8.10. The molecule has 0 saturated heterocycles. The molecule has 3 unspecified atom stereocenters. The Morgan fingerprint density at radius 1 is 1.24 bits per heavy atom. The minimum atomic E-state index is -0.992. The van der Waals surface area contributed by atoms with Crippen LogP contribution in [0.4, 0.5) is 4.79 Å². The first kappa shape index (κ1) is 23.6. The lowest BCUT2D eigenvalue weighted by atomic mass is 9.53. The number of alkyl carbamates (subject to hydrolysis) is 1. The van der Waals surface area contributed by atoms with E-state index in [0.717, 1.165) is 32.1 Å². The Morgan fingerprint density at radius 2 is 2.00 bits per heavy atom. The molecule has 6 heteroatoms. The summed E-state index contributed by atoms with van der Waals surface area (Å²) in [5.41, 5.74) is 0.719. The van der Waals surface area contributed by atoms with Gasteiger partial charge in [-0.05, 0) is 100 Å². The van der Waals surface area contributed by atoms with Crippen molar-refractivity contribution in [2.75, 3.05) is 6.54 Å². The maximum absolute atomic E-state index is 12.2. The number of aryl methyl sites for hydroxylation is 1. The van der Waals surface area contributed by atoms with Crippen LogP contribution in [0.2, 0.25) is 0 Å². The zero-order valence-corrected chi connectivity index (χ0v) is 20.1. The number of carbonyl (C=O) groups is 2. The molecule has 4 rings (SSSR count). The molecule has 0 spiro atoms. The molecule has 0 aromatic heterocycles. The van der Waals surface area contributed by atoms with Gasteiger partial charge in [-0.1, -0.05) is 18.9 Å². The Morgan fingerprint density at radius 3 is 2.70 bits per heavy atom. The van der Waals surface area contributed by atoms with Gasteiger partial charge in [0.25, 0.3) is 0 Å². The second-order valence-electron chi connectivity index (χ2n) is 11.1. The van der Waals surface area contributed by atoms with Crippen LogP contribution in [0, 0.1) is 29.6 Å². The van der Waals surface area contributed by atoms with Crippen molar-refractivity contribution < 1.29 is 24.2 Å². The number of fused-ring (bicyclic) bond motifs is 5. The predicted octanol–water partition coefficient (Wildman–Crippen LogP) is 4.34.